The molecule has 1 amide bonds. The van der Waals surface area contributed by atoms with Crippen LogP contribution in [0.1, 0.15) is 16.7 Å². The van der Waals surface area contributed by atoms with Crippen molar-refractivity contribution in [1.82, 2.24) is 14.9 Å². The molecule has 1 heterocycles. The predicted molar refractivity (Wildman–Crippen MR) is 135 cm³/mol. The second-order valence-corrected chi connectivity index (χ2v) is 8.27. The molecule has 0 bridgehead atoms. The maximum atomic E-state index is 12.9. The number of halogens is 3. The summed E-state index contributed by atoms with van der Waals surface area (Å²) in [7, 11) is 3.79. The summed E-state index contributed by atoms with van der Waals surface area (Å²) in [6, 6.07) is 10.9. The lowest BCUT2D eigenvalue weighted by Gasteiger charge is -2.12. The van der Waals surface area contributed by atoms with Crippen LogP contribution in [0.3, 0.4) is 0 Å². The van der Waals surface area contributed by atoms with Crippen LogP contribution >= 0.6 is 0 Å². The van der Waals surface area contributed by atoms with Gasteiger partial charge in [0, 0.05) is 50.0 Å². The molecule has 186 valence electrons. The summed E-state index contributed by atoms with van der Waals surface area (Å²) < 4.78 is 38.8. The molecule has 0 atom stereocenters. The average Bonchev–Trinajstić information content (AvgIpc) is 2.79. The van der Waals surface area contributed by atoms with E-state index in [1.165, 1.54) is 19.1 Å². The van der Waals surface area contributed by atoms with Crippen LogP contribution < -0.4 is 10.6 Å². The zero-order valence-electron chi connectivity index (χ0n) is 20.1. The van der Waals surface area contributed by atoms with Crippen LogP contribution in [0.4, 0.5) is 24.8 Å². The molecular formula is C27H26F3N5O. The van der Waals surface area contributed by atoms with Crippen LogP contribution in [0.2, 0.25) is 0 Å². The molecule has 0 spiro atoms. The summed E-state index contributed by atoms with van der Waals surface area (Å²) in [6.07, 6.45) is 2.57. The molecule has 2 N–H and O–H groups in total. The van der Waals surface area contributed by atoms with Gasteiger partial charge in [-0.05, 0) is 41.8 Å². The van der Waals surface area contributed by atoms with Crippen LogP contribution in [-0.4, -0.2) is 34.9 Å². The number of aromatic nitrogens is 2. The van der Waals surface area contributed by atoms with E-state index >= 15 is 0 Å². The fourth-order valence-electron chi connectivity index (χ4n) is 3.43. The Labute approximate surface area is 207 Å². The number of carbonyl (C=O) groups excluding carboxylic acids is 1. The standard InChI is InChI=1S/C27H26F3N5O/c1-5-6-23(17-35(3)4)34-26-31-15-21(16-32-26)20-9-7-19(8-10-20)14-25(36)33-22-11-12-24(18(2)13-22)27(28,29)30/h6-13,15-17H,1,14H2,2-4H3,(H,33,36)(H,31,32,34)/b23-17+. The van der Waals surface area contributed by atoms with Gasteiger partial charge in [0.1, 0.15) is 0 Å². The smallest absolute Gasteiger partial charge is 0.382 e. The van der Waals surface area contributed by atoms with E-state index < -0.39 is 11.7 Å². The summed E-state index contributed by atoms with van der Waals surface area (Å²) in [5.74, 6) is 0.0981. The number of allylic oxidation sites excluding steroid dienone is 1. The number of nitrogens with zero attached hydrogens (tertiary/aromatic N) is 3. The van der Waals surface area contributed by atoms with Gasteiger partial charge in [0.25, 0.3) is 0 Å². The Balaban J connectivity index is 1.62. The van der Waals surface area contributed by atoms with Gasteiger partial charge in [-0.3, -0.25) is 4.79 Å². The molecule has 6 nitrogen and oxygen atoms in total. The van der Waals surface area contributed by atoms with Gasteiger partial charge < -0.3 is 15.5 Å². The Morgan fingerprint density at radius 1 is 1.06 bits per heavy atom. The van der Waals surface area contributed by atoms with Crippen molar-refractivity contribution in [2.24, 2.45) is 0 Å². The molecule has 0 fully saturated rings. The lowest BCUT2D eigenvalue weighted by atomic mass is 10.0. The van der Waals surface area contributed by atoms with Crippen molar-refractivity contribution in [3.63, 3.8) is 0 Å². The van der Waals surface area contributed by atoms with Crippen molar-refractivity contribution in [2.45, 2.75) is 19.5 Å². The maximum absolute atomic E-state index is 12.9. The molecule has 3 aromatic rings. The monoisotopic (exact) mass is 493 g/mol. The highest BCUT2D eigenvalue weighted by molar-refractivity contribution is 5.92. The number of benzene rings is 2. The highest BCUT2D eigenvalue weighted by Crippen LogP contribution is 2.33. The highest BCUT2D eigenvalue weighted by atomic mass is 19.4. The van der Waals surface area contributed by atoms with E-state index in [4.69, 9.17) is 0 Å². The Hall–Kier alpha value is -4.36. The molecule has 0 saturated heterocycles. The maximum Gasteiger partial charge on any atom is 0.416 e. The Bertz CT molecular complexity index is 1290. The van der Waals surface area contributed by atoms with Crippen molar-refractivity contribution in [3.8, 4) is 11.1 Å². The van der Waals surface area contributed by atoms with E-state index in [9.17, 15) is 18.0 Å². The Morgan fingerprint density at radius 2 is 1.72 bits per heavy atom. The van der Waals surface area contributed by atoms with Crippen LogP contribution in [0.15, 0.2) is 85.1 Å². The van der Waals surface area contributed by atoms with Crippen molar-refractivity contribution in [2.75, 3.05) is 24.7 Å². The number of rotatable bonds is 8. The first-order valence-electron chi connectivity index (χ1n) is 11.0. The minimum atomic E-state index is -4.43. The van der Waals surface area contributed by atoms with Gasteiger partial charge in [0.15, 0.2) is 0 Å². The first kappa shape index (κ1) is 26.2. The van der Waals surface area contributed by atoms with Gasteiger partial charge >= 0.3 is 6.18 Å². The van der Waals surface area contributed by atoms with Crippen LogP contribution in [0.25, 0.3) is 11.1 Å². The third kappa shape index (κ3) is 7.32. The summed E-state index contributed by atoms with van der Waals surface area (Å²) >= 11 is 0. The topological polar surface area (TPSA) is 70.2 Å². The van der Waals surface area contributed by atoms with Crippen molar-refractivity contribution < 1.29 is 18.0 Å². The zero-order chi connectivity index (χ0) is 26.3. The molecule has 0 radical (unpaired) electrons. The number of alkyl halides is 3. The number of aryl methyl sites for hydroxylation is 1. The van der Waals surface area contributed by atoms with Gasteiger partial charge in [-0.15, -0.1) is 5.73 Å². The van der Waals surface area contributed by atoms with Gasteiger partial charge in [-0.25, -0.2) is 9.97 Å². The number of amides is 1. The summed E-state index contributed by atoms with van der Waals surface area (Å²) in [6.45, 7) is 4.94. The quantitative estimate of drug-likeness (QED) is 0.306. The van der Waals surface area contributed by atoms with E-state index in [0.717, 1.165) is 28.5 Å². The number of carbonyl (C=O) groups is 1. The molecule has 0 unspecified atom stereocenters. The fourth-order valence-corrected chi connectivity index (χ4v) is 3.43. The van der Waals surface area contributed by atoms with E-state index in [2.05, 4.69) is 32.9 Å². The minimum Gasteiger partial charge on any atom is -0.382 e. The molecule has 0 aliphatic carbocycles. The zero-order valence-corrected chi connectivity index (χ0v) is 20.1. The molecule has 36 heavy (non-hydrogen) atoms. The van der Waals surface area contributed by atoms with Crippen molar-refractivity contribution in [3.05, 3.63) is 102 Å². The largest absolute Gasteiger partial charge is 0.416 e. The fraction of sp³-hybridized carbons (Fsp3) is 0.185. The number of nitrogens with one attached hydrogen (secondary N) is 2. The molecule has 0 aliphatic rings. The summed E-state index contributed by atoms with van der Waals surface area (Å²) in [5.41, 5.74) is 5.53. The van der Waals surface area contributed by atoms with E-state index in [-0.39, 0.29) is 17.9 Å². The predicted octanol–water partition coefficient (Wildman–Crippen LogP) is 5.81. The molecule has 1 aromatic heterocycles. The lowest BCUT2D eigenvalue weighted by molar-refractivity contribution is -0.138. The van der Waals surface area contributed by atoms with Gasteiger partial charge in [-0.1, -0.05) is 30.8 Å². The highest BCUT2D eigenvalue weighted by Gasteiger charge is 2.32. The molecule has 9 heteroatoms. The molecule has 0 saturated carbocycles. The SMILES string of the molecule is C=C=C/C(=C\N(C)C)Nc1ncc(-c2ccc(CC(=O)Nc3ccc(C(F)(F)F)c(C)c3)cc2)cn1. The van der Waals surface area contributed by atoms with Crippen LogP contribution in [0, 0.1) is 6.92 Å². The normalized spacial score (nSPS) is 11.4. The van der Waals surface area contributed by atoms with Gasteiger partial charge in [0.2, 0.25) is 11.9 Å². The van der Waals surface area contributed by atoms with Crippen LogP contribution in [0.5, 0.6) is 0 Å². The number of hydrogen-bond donors (Lipinski definition) is 2. The first-order valence-corrected chi connectivity index (χ1v) is 11.0. The van der Waals surface area contributed by atoms with E-state index in [1.54, 1.807) is 18.5 Å². The van der Waals surface area contributed by atoms with Crippen molar-refractivity contribution >= 4 is 17.5 Å². The molecule has 3 rings (SSSR count). The van der Waals surface area contributed by atoms with E-state index in [0.29, 0.717) is 11.6 Å². The minimum absolute atomic E-state index is 0.0511. The van der Waals surface area contributed by atoms with Crippen LogP contribution in [-0.2, 0) is 17.4 Å². The Kier molecular flexibility index (Phi) is 8.30. The third-order valence-electron chi connectivity index (χ3n) is 5.03. The second kappa shape index (κ2) is 11.4. The number of hydrogen-bond acceptors (Lipinski definition) is 5. The van der Waals surface area contributed by atoms with Gasteiger partial charge in [-0.2, -0.15) is 13.2 Å². The van der Waals surface area contributed by atoms with Crippen molar-refractivity contribution in [1.29, 1.82) is 0 Å². The van der Waals surface area contributed by atoms with Gasteiger partial charge in [0.05, 0.1) is 17.7 Å². The molecular weight excluding hydrogens is 467 g/mol. The summed E-state index contributed by atoms with van der Waals surface area (Å²) in [5, 5.41) is 5.74. The lowest BCUT2D eigenvalue weighted by Crippen LogP contribution is -2.15. The summed E-state index contributed by atoms with van der Waals surface area (Å²) in [4.78, 5) is 23.0. The van der Waals surface area contributed by atoms with E-state index in [1.807, 2.05) is 49.5 Å². The first-order chi connectivity index (χ1) is 17.0. The molecule has 0 aliphatic heterocycles. The average molecular weight is 494 g/mol. The molecule has 2 aromatic carbocycles. The Morgan fingerprint density at radius 3 is 2.28 bits per heavy atom. The number of anilines is 2. The third-order valence-corrected chi connectivity index (χ3v) is 5.03. The second-order valence-electron chi connectivity index (χ2n) is 8.27.